The van der Waals surface area contributed by atoms with Gasteiger partial charge in [-0.3, -0.25) is 0 Å². The third-order valence-corrected chi connectivity index (χ3v) is 3.54. The first-order valence-electron chi connectivity index (χ1n) is 6.73. The molecule has 1 fully saturated rings. The molecule has 3 rings (SSSR count). The SMILES string of the molecule is FC(F)(F)c1cccc(-c2noc(CC3CCNC3)n2)c1. The summed E-state index contributed by atoms with van der Waals surface area (Å²) in [5.74, 6) is 1.11. The number of hydrogen-bond donors (Lipinski definition) is 1. The van der Waals surface area contributed by atoms with Gasteiger partial charge in [0.1, 0.15) is 0 Å². The Morgan fingerprint density at radius 2 is 2.19 bits per heavy atom. The highest BCUT2D eigenvalue weighted by Gasteiger charge is 2.30. The van der Waals surface area contributed by atoms with Crippen LogP contribution in [0.1, 0.15) is 17.9 Å². The summed E-state index contributed by atoms with van der Waals surface area (Å²) < 4.78 is 43.2. The zero-order valence-electron chi connectivity index (χ0n) is 11.2. The van der Waals surface area contributed by atoms with Crippen LogP contribution in [0.5, 0.6) is 0 Å². The summed E-state index contributed by atoms with van der Waals surface area (Å²) in [7, 11) is 0. The molecule has 1 saturated heterocycles. The highest BCUT2D eigenvalue weighted by Crippen LogP contribution is 2.31. The number of nitrogens with one attached hydrogen (secondary N) is 1. The molecule has 0 bridgehead atoms. The van der Waals surface area contributed by atoms with Crippen LogP contribution in [0.15, 0.2) is 28.8 Å². The number of alkyl halides is 3. The summed E-state index contributed by atoms with van der Waals surface area (Å²) in [6, 6.07) is 4.94. The largest absolute Gasteiger partial charge is 0.416 e. The molecule has 1 aliphatic rings. The Labute approximate surface area is 119 Å². The minimum Gasteiger partial charge on any atom is -0.339 e. The molecule has 1 unspecified atom stereocenters. The first-order valence-corrected chi connectivity index (χ1v) is 6.73. The molecule has 0 radical (unpaired) electrons. The molecule has 1 atom stereocenters. The number of nitrogens with zero attached hydrogens (tertiary/aromatic N) is 2. The zero-order valence-corrected chi connectivity index (χ0v) is 11.2. The number of halogens is 3. The van der Waals surface area contributed by atoms with Gasteiger partial charge in [0.2, 0.25) is 11.7 Å². The fourth-order valence-corrected chi connectivity index (χ4v) is 2.43. The van der Waals surface area contributed by atoms with Gasteiger partial charge in [0.15, 0.2) is 0 Å². The average Bonchev–Trinajstić information content (AvgIpc) is 3.10. The van der Waals surface area contributed by atoms with E-state index in [1.807, 2.05) is 0 Å². The van der Waals surface area contributed by atoms with Crippen LogP contribution in [0.3, 0.4) is 0 Å². The maximum atomic E-state index is 12.7. The van der Waals surface area contributed by atoms with Gasteiger partial charge in [0, 0.05) is 12.0 Å². The number of aromatic nitrogens is 2. The Hall–Kier alpha value is -1.89. The van der Waals surface area contributed by atoms with Crippen molar-refractivity contribution in [3.63, 3.8) is 0 Å². The lowest BCUT2D eigenvalue weighted by Crippen LogP contribution is -2.10. The molecule has 1 aromatic carbocycles. The van der Waals surface area contributed by atoms with Crippen molar-refractivity contribution in [3.8, 4) is 11.4 Å². The van der Waals surface area contributed by atoms with Crippen LogP contribution in [-0.4, -0.2) is 23.2 Å². The predicted molar refractivity (Wildman–Crippen MR) is 69.4 cm³/mol. The van der Waals surface area contributed by atoms with Crippen molar-refractivity contribution >= 4 is 0 Å². The summed E-state index contributed by atoms with van der Waals surface area (Å²) in [4.78, 5) is 4.19. The minimum atomic E-state index is -4.38. The Bertz CT molecular complexity index is 618. The lowest BCUT2D eigenvalue weighted by atomic mass is 10.1. The fourth-order valence-electron chi connectivity index (χ4n) is 2.43. The van der Waals surface area contributed by atoms with Crippen LogP contribution in [-0.2, 0) is 12.6 Å². The molecule has 1 aromatic heterocycles. The second-order valence-corrected chi connectivity index (χ2v) is 5.15. The van der Waals surface area contributed by atoms with Gasteiger partial charge in [-0.2, -0.15) is 18.2 Å². The van der Waals surface area contributed by atoms with Crippen LogP contribution in [0.4, 0.5) is 13.2 Å². The molecule has 7 heteroatoms. The van der Waals surface area contributed by atoms with E-state index in [1.54, 1.807) is 6.07 Å². The van der Waals surface area contributed by atoms with E-state index in [2.05, 4.69) is 15.5 Å². The van der Waals surface area contributed by atoms with Gasteiger partial charge in [-0.05, 0) is 37.6 Å². The van der Waals surface area contributed by atoms with Gasteiger partial charge in [0.05, 0.1) is 5.56 Å². The second kappa shape index (κ2) is 5.48. The van der Waals surface area contributed by atoms with Crippen LogP contribution >= 0.6 is 0 Å². The molecule has 2 aromatic rings. The van der Waals surface area contributed by atoms with Crippen molar-refractivity contribution in [2.45, 2.75) is 19.0 Å². The molecular formula is C14H14F3N3O. The van der Waals surface area contributed by atoms with Gasteiger partial charge < -0.3 is 9.84 Å². The van der Waals surface area contributed by atoms with E-state index in [1.165, 1.54) is 6.07 Å². The Morgan fingerprint density at radius 3 is 2.90 bits per heavy atom. The third kappa shape index (κ3) is 3.24. The number of rotatable bonds is 3. The van der Waals surface area contributed by atoms with Crippen molar-refractivity contribution in [1.82, 2.24) is 15.5 Å². The normalized spacial score (nSPS) is 19.1. The smallest absolute Gasteiger partial charge is 0.339 e. The third-order valence-electron chi connectivity index (χ3n) is 3.54. The van der Waals surface area contributed by atoms with E-state index in [4.69, 9.17) is 4.52 Å². The fraction of sp³-hybridized carbons (Fsp3) is 0.429. The molecule has 0 aliphatic carbocycles. The first kappa shape index (κ1) is 14.1. The van der Waals surface area contributed by atoms with E-state index in [9.17, 15) is 13.2 Å². The van der Waals surface area contributed by atoms with Crippen molar-refractivity contribution in [2.75, 3.05) is 13.1 Å². The van der Waals surface area contributed by atoms with E-state index < -0.39 is 11.7 Å². The van der Waals surface area contributed by atoms with Crippen molar-refractivity contribution in [1.29, 1.82) is 0 Å². The average molecular weight is 297 g/mol. The predicted octanol–water partition coefficient (Wildman–Crippen LogP) is 2.91. The molecule has 0 spiro atoms. The first-order chi connectivity index (χ1) is 10.0. The molecule has 2 heterocycles. The topological polar surface area (TPSA) is 51.0 Å². The van der Waals surface area contributed by atoms with E-state index >= 15 is 0 Å². The zero-order chi connectivity index (χ0) is 14.9. The van der Waals surface area contributed by atoms with Gasteiger partial charge >= 0.3 is 6.18 Å². The maximum absolute atomic E-state index is 12.7. The van der Waals surface area contributed by atoms with Gasteiger partial charge in [-0.15, -0.1) is 0 Å². The Morgan fingerprint density at radius 1 is 1.33 bits per heavy atom. The Kier molecular flexibility index (Phi) is 3.67. The molecule has 21 heavy (non-hydrogen) atoms. The molecule has 1 N–H and O–H groups in total. The van der Waals surface area contributed by atoms with Gasteiger partial charge in [-0.25, -0.2) is 0 Å². The van der Waals surface area contributed by atoms with Crippen LogP contribution in [0.25, 0.3) is 11.4 Å². The Balaban J connectivity index is 1.79. The van der Waals surface area contributed by atoms with Crippen LogP contribution in [0.2, 0.25) is 0 Å². The summed E-state index contributed by atoms with van der Waals surface area (Å²) in [6.07, 6.45) is -2.68. The van der Waals surface area contributed by atoms with Gasteiger partial charge in [-0.1, -0.05) is 17.3 Å². The lowest BCUT2D eigenvalue weighted by molar-refractivity contribution is -0.137. The maximum Gasteiger partial charge on any atom is 0.416 e. The van der Waals surface area contributed by atoms with Crippen molar-refractivity contribution in [3.05, 3.63) is 35.7 Å². The summed E-state index contributed by atoms with van der Waals surface area (Å²) >= 11 is 0. The lowest BCUT2D eigenvalue weighted by Gasteiger charge is -2.06. The van der Waals surface area contributed by atoms with Crippen molar-refractivity contribution in [2.24, 2.45) is 5.92 Å². The second-order valence-electron chi connectivity index (χ2n) is 5.15. The molecule has 0 amide bonds. The minimum absolute atomic E-state index is 0.196. The van der Waals surface area contributed by atoms with Crippen LogP contribution < -0.4 is 5.32 Å². The number of hydrogen-bond acceptors (Lipinski definition) is 4. The molecule has 112 valence electrons. The van der Waals surface area contributed by atoms with E-state index in [-0.39, 0.29) is 5.82 Å². The highest BCUT2D eigenvalue weighted by molar-refractivity contribution is 5.55. The van der Waals surface area contributed by atoms with Gasteiger partial charge in [0.25, 0.3) is 0 Å². The summed E-state index contributed by atoms with van der Waals surface area (Å²) in [5.41, 5.74) is -0.407. The van der Waals surface area contributed by atoms with E-state index in [0.29, 0.717) is 23.8 Å². The molecule has 0 saturated carbocycles. The number of benzene rings is 1. The molecule has 4 nitrogen and oxygen atoms in total. The molecular weight excluding hydrogens is 283 g/mol. The summed E-state index contributed by atoms with van der Waals surface area (Å²) in [5, 5.41) is 7.02. The van der Waals surface area contributed by atoms with Crippen molar-refractivity contribution < 1.29 is 17.7 Å². The molecule has 1 aliphatic heterocycles. The monoisotopic (exact) mass is 297 g/mol. The highest BCUT2D eigenvalue weighted by atomic mass is 19.4. The standard InChI is InChI=1S/C14H14F3N3O/c15-14(16,17)11-3-1-2-10(7-11)13-19-12(21-20-13)6-9-4-5-18-8-9/h1-3,7,9,18H,4-6,8H2. The van der Waals surface area contributed by atoms with Crippen LogP contribution in [0, 0.1) is 5.92 Å². The summed E-state index contributed by atoms with van der Waals surface area (Å²) in [6.45, 7) is 1.88. The quantitative estimate of drug-likeness (QED) is 0.946. The van der Waals surface area contributed by atoms with E-state index in [0.717, 1.165) is 31.6 Å².